The Morgan fingerprint density at radius 3 is 2.62 bits per heavy atom. The van der Waals surface area contributed by atoms with Crippen LogP contribution in [0.2, 0.25) is 0 Å². The van der Waals surface area contributed by atoms with Gasteiger partial charge in [0.15, 0.2) is 0 Å². The van der Waals surface area contributed by atoms with Gasteiger partial charge in [0.05, 0.1) is 12.5 Å². The molecule has 3 rings (SSSR count). The van der Waals surface area contributed by atoms with Crippen LogP contribution in [0.15, 0.2) is 0 Å². The highest BCUT2D eigenvalue weighted by molar-refractivity contribution is 5.85. The molecule has 2 heterocycles. The van der Waals surface area contributed by atoms with Crippen molar-refractivity contribution in [2.75, 3.05) is 26.7 Å². The van der Waals surface area contributed by atoms with Crippen molar-refractivity contribution in [2.24, 2.45) is 5.41 Å². The van der Waals surface area contributed by atoms with Gasteiger partial charge in [-0.15, -0.1) is 0 Å². The van der Waals surface area contributed by atoms with E-state index in [1.807, 2.05) is 0 Å². The third kappa shape index (κ3) is 2.62. The topological polar surface area (TPSA) is 49.9 Å². The summed E-state index contributed by atoms with van der Waals surface area (Å²) in [6, 6.07) is 0.440. The summed E-state index contributed by atoms with van der Waals surface area (Å²) in [5.74, 6) is 0.298. The molecule has 1 atom stereocenters. The summed E-state index contributed by atoms with van der Waals surface area (Å²) in [5, 5.41) is 0. The minimum Gasteiger partial charge on any atom is -0.453 e. The lowest BCUT2D eigenvalue weighted by atomic mass is 9.77. The van der Waals surface area contributed by atoms with Crippen LogP contribution in [0.5, 0.6) is 0 Å². The Hall–Kier alpha value is -1.26. The van der Waals surface area contributed by atoms with E-state index in [2.05, 4.69) is 4.90 Å². The van der Waals surface area contributed by atoms with Crippen LogP contribution in [0.25, 0.3) is 0 Å². The molecule has 118 valence electrons. The second kappa shape index (κ2) is 5.85. The molecule has 0 unspecified atom stereocenters. The summed E-state index contributed by atoms with van der Waals surface area (Å²) in [7, 11) is 1.41. The van der Waals surface area contributed by atoms with Crippen molar-refractivity contribution in [3.8, 4) is 0 Å². The number of carbonyl (C=O) groups excluding carboxylic acids is 2. The first-order chi connectivity index (χ1) is 10.2. The zero-order chi connectivity index (χ0) is 14.9. The van der Waals surface area contributed by atoms with Crippen molar-refractivity contribution < 1.29 is 14.3 Å². The maximum atomic E-state index is 13.1. The number of carbonyl (C=O) groups is 2. The zero-order valence-electron chi connectivity index (χ0n) is 13.0. The molecule has 0 bridgehead atoms. The first-order valence-electron chi connectivity index (χ1n) is 8.30. The molecular weight excluding hydrogens is 268 g/mol. The molecule has 1 spiro atoms. The molecule has 0 aromatic carbocycles. The standard InChI is InChI=1S/C16H26N2O3/c1-21-15(20)17-11-9-16(12-17)8-5-10-18(14(16)19)13-6-3-2-4-7-13/h13H,2-12H2,1H3/t16-/m0/s1. The fourth-order valence-electron chi connectivity index (χ4n) is 4.38. The Bertz CT molecular complexity index is 420. The van der Waals surface area contributed by atoms with E-state index >= 15 is 0 Å². The van der Waals surface area contributed by atoms with E-state index in [4.69, 9.17) is 4.74 Å². The van der Waals surface area contributed by atoms with Crippen molar-refractivity contribution in [2.45, 2.75) is 57.4 Å². The fourth-order valence-corrected chi connectivity index (χ4v) is 4.38. The average molecular weight is 294 g/mol. The summed E-state index contributed by atoms with van der Waals surface area (Å²) in [6.45, 7) is 2.10. The molecule has 0 N–H and O–H groups in total. The Balaban J connectivity index is 1.71. The van der Waals surface area contributed by atoms with Gasteiger partial charge < -0.3 is 14.5 Å². The lowest BCUT2D eigenvalue weighted by Crippen LogP contribution is -2.54. The number of rotatable bonds is 1. The SMILES string of the molecule is COC(=O)N1CC[C@@]2(CCCN(C3CCCCC3)C2=O)C1. The molecule has 5 nitrogen and oxygen atoms in total. The van der Waals surface area contributed by atoms with E-state index in [0.29, 0.717) is 25.0 Å². The maximum Gasteiger partial charge on any atom is 0.409 e. The molecule has 1 aliphatic carbocycles. The summed E-state index contributed by atoms with van der Waals surface area (Å²) in [4.78, 5) is 28.6. The van der Waals surface area contributed by atoms with Crippen molar-refractivity contribution in [3.63, 3.8) is 0 Å². The van der Waals surface area contributed by atoms with Gasteiger partial charge in [0.2, 0.25) is 5.91 Å². The van der Waals surface area contributed by atoms with Crippen LogP contribution < -0.4 is 0 Å². The second-order valence-electron chi connectivity index (χ2n) is 6.82. The van der Waals surface area contributed by atoms with Crippen LogP contribution in [0.4, 0.5) is 4.79 Å². The number of ether oxygens (including phenoxy) is 1. The number of likely N-dealkylation sites (tertiary alicyclic amines) is 2. The zero-order valence-corrected chi connectivity index (χ0v) is 13.0. The fraction of sp³-hybridized carbons (Fsp3) is 0.875. The van der Waals surface area contributed by atoms with E-state index in [1.165, 1.54) is 26.4 Å². The largest absolute Gasteiger partial charge is 0.453 e. The molecule has 21 heavy (non-hydrogen) atoms. The maximum absolute atomic E-state index is 13.1. The number of methoxy groups -OCH3 is 1. The van der Waals surface area contributed by atoms with Gasteiger partial charge in [0.25, 0.3) is 0 Å². The Morgan fingerprint density at radius 1 is 1.14 bits per heavy atom. The number of piperidine rings is 1. The molecule has 0 radical (unpaired) electrons. The van der Waals surface area contributed by atoms with Crippen LogP contribution in [0.1, 0.15) is 51.4 Å². The molecule has 2 aliphatic heterocycles. The van der Waals surface area contributed by atoms with Crippen molar-refractivity contribution in [3.05, 3.63) is 0 Å². The molecule has 5 heteroatoms. The molecule has 0 aromatic heterocycles. The Labute approximate surface area is 126 Å². The summed E-state index contributed by atoms with van der Waals surface area (Å²) in [5.41, 5.74) is -0.329. The van der Waals surface area contributed by atoms with E-state index in [1.54, 1.807) is 4.90 Å². The molecule has 3 fully saturated rings. The van der Waals surface area contributed by atoms with E-state index in [-0.39, 0.29) is 11.5 Å². The lowest BCUT2D eigenvalue weighted by molar-refractivity contribution is -0.149. The van der Waals surface area contributed by atoms with E-state index < -0.39 is 0 Å². The molecule has 1 saturated carbocycles. The predicted octanol–water partition coefficient (Wildman–Crippen LogP) is 2.40. The van der Waals surface area contributed by atoms with Gasteiger partial charge in [-0.2, -0.15) is 0 Å². The molecule has 0 aromatic rings. The first-order valence-corrected chi connectivity index (χ1v) is 8.30. The van der Waals surface area contributed by atoms with Crippen LogP contribution >= 0.6 is 0 Å². The summed E-state index contributed by atoms with van der Waals surface area (Å²) < 4.78 is 4.81. The molecule has 2 amide bonds. The van der Waals surface area contributed by atoms with Gasteiger partial charge in [0, 0.05) is 25.7 Å². The van der Waals surface area contributed by atoms with Crippen molar-refractivity contribution in [1.29, 1.82) is 0 Å². The number of nitrogens with zero attached hydrogens (tertiary/aromatic N) is 2. The van der Waals surface area contributed by atoms with Crippen molar-refractivity contribution >= 4 is 12.0 Å². The van der Waals surface area contributed by atoms with Gasteiger partial charge in [-0.3, -0.25) is 4.79 Å². The van der Waals surface area contributed by atoms with Crippen LogP contribution in [-0.2, 0) is 9.53 Å². The first kappa shape index (κ1) is 14.7. The van der Waals surface area contributed by atoms with Gasteiger partial charge >= 0.3 is 6.09 Å². The smallest absolute Gasteiger partial charge is 0.409 e. The third-order valence-corrected chi connectivity index (χ3v) is 5.57. The van der Waals surface area contributed by atoms with Gasteiger partial charge in [-0.25, -0.2) is 4.79 Å². The minimum absolute atomic E-state index is 0.297. The number of hydrogen-bond donors (Lipinski definition) is 0. The molecular formula is C16H26N2O3. The average Bonchev–Trinajstić information content (AvgIpc) is 2.95. The Kier molecular flexibility index (Phi) is 4.09. The van der Waals surface area contributed by atoms with E-state index in [9.17, 15) is 9.59 Å². The minimum atomic E-state index is -0.329. The lowest BCUT2D eigenvalue weighted by Gasteiger charge is -2.44. The predicted molar refractivity (Wildman–Crippen MR) is 78.8 cm³/mol. The highest BCUT2D eigenvalue weighted by Crippen LogP contribution is 2.42. The van der Waals surface area contributed by atoms with Gasteiger partial charge in [-0.1, -0.05) is 19.3 Å². The van der Waals surface area contributed by atoms with Crippen molar-refractivity contribution in [1.82, 2.24) is 9.80 Å². The van der Waals surface area contributed by atoms with E-state index in [0.717, 1.165) is 38.6 Å². The molecule has 3 aliphatic rings. The molecule has 2 saturated heterocycles. The monoisotopic (exact) mass is 294 g/mol. The van der Waals surface area contributed by atoms with Crippen LogP contribution in [-0.4, -0.2) is 54.6 Å². The second-order valence-corrected chi connectivity index (χ2v) is 6.82. The Morgan fingerprint density at radius 2 is 1.90 bits per heavy atom. The van der Waals surface area contributed by atoms with Gasteiger partial charge in [0.1, 0.15) is 0 Å². The highest BCUT2D eigenvalue weighted by atomic mass is 16.5. The summed E-state index contributed by atoms with van der Waals surface area (Å²) in [6.07, 6.45) is 8.59. The van der Waals surface area contributed by atoms with Crippen LogP contribution in [0.3, 0.4) is 0 Å². The van der Waals surface area contributed by atoms with Gasteiger partial charge in [-0.05, 0) is 32.1 Å². The quantitative estimate of drug-likeness (QED) is 0.746. The number of hydrogen-bond acceptors (Lipinski definition) is 3. The highest BCUT2D eigenvalue weighted by Gasteiger charge is 2.50. The third-order valence-electron chi connectivity index (χ3n) is 5.57. The summed E-state index contributed by atoms with van der Waals surface area (Å²) >= 11 is 0. The normalized spacial score (nSPS) is 31.0. The van der Waals surface area contributed by atoms with Crippen LogP contribution in [0, 0.1) is 5.41 Å². The number of amides is 2.